The van der Waals surface area contributed by atoms with Gasteiger partial charge in [0.25, 0.3) is 0 Å². The topological polar surface area (TPSA) is 46.2 Å². The zero-order chi connectivity index (χ0) is 12.1. The number of halogens is 2. The average molecular weight is 229 g/mol. The Bertz CT molecular complexity index is 324. The molecule has 0 aliphatic carbocycles. The number of hydrogen-bond donors (Lipinski definition) is 2. The van der Waals surface area contributed by atoms with Crippen molar-refractivity contribution in [2.24, 2.45) is 5.73 Å². The van der Waals surface area contributed by atoms with Crippen LogP contribution in [0, 0.1) is 11.6 Å². The van der Waals surface area contributed by atoms with Crippen LogP contribution in [0.25, 0.3) is 0 Å². The highest BCUT2D eigenvalue weighted by molar-refractivity contribution is 5.23. The second-order valence-electron chi connectivity index (χ2n) is 3.89. The van der Waals surface area contributed by atoms with Crippen molar-refractivity contribution >= 4 is 0 Å². The quantitative estimate of drug-likeness (QED) is 0.812. The minimum atomic E-state index is -0.610. The molecule has 2 nitrogen and oxygen atoms in total. The molecule has 1 aromatic carbocycles. The highest BCUT2D eigenvalue weighted by Gasteiger charge is 2.19. The lowest BCUT2D eigenvalue weighted by Gasteiger charge is -2.22. The third-order valence-electron chi connectivity index (χ3n) is 2.74. The number of benzene rings is 1. The molecule has 0 spiro atoms. The van der Waals surface area contributed by atoms with E-state index in [1.54, 1.807) is 0 Å². The summed E-state index contributed by atoms with van der Waals surface area (Å²) >= 11 is 0. The van der Waals surface area contributed by atoms with Crippen molar-refractivity contribution in [1.82, 2.24) is 0 Å². The Morgan fingerprint density at radius 1 is 1.25 bits per heavy atom. The molecule has 0 radical (unpaired) electrons. The van der Waals surface area contributed by atoms with Crippen LogP contribution in [0.3, 0.4) is 0 Å². The number of hydrogen-bond acceptors (Lipinski definition) is 2. The van der Waals surface area contributed by atoms with Crippen molar-refractivity contribution < 1.29 is 13.9 Å². The van der Waals surface area contributed by atoms with E-state index in [1.807, 2.05) is 6.92 Å². The highest BCUT2D eigenvalue weighted by Crippen LogP contribution is 2.25. The molecule has 4 heteroatoms. The van der Waals surface area contributed by atoms with Gasteiger partial charge in [0.05, 0.1) is 0 Å². The maximum absolute atomic E-state index is 13.1. The van der Waals surface area contributed by atoms with Gasteiger partial charge in [-0.1, -0.05) is 6.92 Å². The number of aliphatic hydroxyl groups is 1. The van der Waals surface area contributed by atoms with Crippen LogP contribution >= 0.6 is 0 Å². The zero-order valence-electron chi connectivity index (χ0n) is 9.29. The monoisotopic (exact) mass is 229 g/mol. The molecule has 0 amide bonds. The summed E-state index contributed by atoms with van der Waals surface area (Å²) in [5, 5.41) is 8.94. The van der Waals surface area contributed by atoms with Crippen LogP contribution < -0.4 is 5.73 Å². The zero-order valence-corrected chi connectivity index (χ0v) is 9.29. The smallest absolute Gasteiger partial charge is 0.126 e. The Hall–Kier alpha value is -1.00. The van der Waals surface area contributed by atoms with Gasteiger partial charge in [0.2, 0.25) is 0 Å². The lowest BCUT2D eigenvalue weighted by Crippen LogP contribution is -2.28. The third kappa shape index (κ3) is 3.25. The van der Waals surface area contributed by atoms with Crippen molar-refractivity contribution in [3.8, 4) is 0 Å². The molecule has 0 heterocycles. The van der Waals surface area contributed by atoms with Crippen LogP contribution in [-0.4, -0.2) is 17.8 Å². The molecule has 16 heavy (non-hydrogen) atoms. The molecule has 0 aromatic heterocycles. The van der Waals surface area contributed by atoms with E-state index in [0.717, 1.165) is 6.07 Å². The fourth-order valence-electron chi connectivity index (χ4n) is 1.84. The summed E-state index contributed by atoms with van der Waals surface area (Å²) in [6.45, 7) is 1.86. The molecule has 90 valence electrons. The maximum Gasteiger partial charge on any atom is 0.126 e. The van der Waals surface area contributed by atoms with Crippen LogP contribution in [0.4, 0.5) is 8.78 Å². The summed E-state index contributed by atoms with van der Waals surface area (Å²) < 4.78 is 26.1. The number of rotatable bonds is 5. The summed E-state index contributed by atoms with van der Waals surface area (Å²) in [4.78, 5) is 0. The molecule has 0 fully saturated rings. The summed E-state index contributed by atoms with van der Waals surface area (Å²) in [5.74, 6) is -1.43. The Morgan fingerprint density at radius 3 is 2.25 bits per heavy atom. The van der Waals surface area contributed by atoms with Crippen molar-refractivity contribution in [3.63, 3.8) is 0 Å². The van der Waals surface area contributed by atoms with Crippen molar-refractivity contribution in [2.45, 2.75) is 31.7 Å². The van der Waals surface area contributed by atoms with Gasteiger partial charge in [-0.2, -0.15) is 0 Å². The molecule has 0 bridgehead atoms. The van der Waals surface area contributed by atoms with E-state index in [4.69, 9.17) is 10.8 Å². The van der Waals surface area contributed by atoms with Gasteiger partial charge in [-0.15, -0.1) is 0 Å². The summed E-state index contributed by atoms with van der Waals surface area (Å²) in [6, 6.07) is 3.18. The normalized spacial score (nSPS) is 14.8. The van der Waals surface area contributed by atoms with E-state index >= 15 is 0 Å². The van der Waals surface area contributed by atoms with E-state index in [0.29, 0.717) is 18.4 Å². The second kappa shape index (κ2) is 5.92. The summed E-state index contributed by atoms with van der Waals surface area (Å²) in [6.07, 6.45) is 1.11. The van der Waals surface area contributed by atoms with Gasteiger partial charge in [0, 0.05) is 24.6 Å². The first kappa shape index (κ1) is 13.1. The van der Waals surface area contributed by atoms with E-state index in [1.165, 1.54) is 12.1 Å². The van der Waals surface area contributed by atoms with Crippen molar-refractivity contribution in [3.05, 3.63) is 35.4 Å². The van der Waals surface area contributed by atoms with Crippen LogP contribution in [0.5, 0.6) is 0 Å². The second-order valence-corrected chi connectivity index (χ2v) is 3.89. The highest BCUT2D eigenvalue weighted by atomic mass is 19.1. The van der Waals surface area contributed by atoms with Crippen LogP contribution in [0.15, 0.2) is 18.2 Å². The molecule has 3 N–H and O–H groups in total. The molecular formula is C12H17F2NO. The van der Waals surface area contributed by atoms with Gasteiger partial charge in [-0.25, -0.2) is 8.78 Å². The molecule has 0 saturated carbocycles. The fraction of sp³-hybridized carbons (Fsp3) is 0.500. The van der Waals surface area contributed by atoms with Crippen molar-refractivity contribution in [2.75, 3.05) is 6.61 Å². The van der Waals surface area contributed by atoms with Crippen molar-refractivity contribution in [1.29, 1.82) is 0 Å². The van der Waals surface area contributed by atoms with E-state index < -0.39 is 11.6 Å². The summed E-state index contributed by atoms with van der Waals surface area (Å²) in [5.41, 5.74) is 6.39. The number of nitrogens with two attached hydrogens (primary N) is 1. The largest absolute Gasteiger partial charge is 0.396 e. The Morgan fingerprint density at radius 2 is 1.81 bits per heavy atom. The van der Waals surface area contributed by atoms with Gasteiger partial charge >= 0.3 is 0 Å². The van der Waals surface area contributed by atoms with Crippen LogP contribution in [0.1, 0.15) is 31.2 Å². The van der Waals surface area contributed by atoms with Gasteiger partial charge in [-0.05, 0) is 30.5 Å². The molecular weight excluding hydrogens is 212 g/mol. The minimum absolute atomic E-state index is 0.0451. The molecule has 1 rings (SSSR count). The minimum Gasteiger partial charge on any atom is -0.396 e. The van der Waals surface area contributed by atoms with Crippen LogP contribution in [0.2, 0.25) is 0 Å². The standard InChI is InChI=1S/C12H17F2NO/c1-2-12(15)11(3-4-16)8-5-9(13)7-10(14)6-8/h5-7,11-12,16H,2-4,15H2,1H3. The average Bonchev–Trinajstić information content (AvgIpc) is 2.23. The van der Waals surface area contributed by atoms with Gasteiger partial charge < -0.3 is 10.8 Å². The maximum atomic E-state index is 13.1. The molecule has 1 aromatic rings. The molecule has 2 atom stereocenters. The Labute approximate surface area is 94.1 Å². The van der Waals surface area contributed by atoms with E-state index in [9.17, 15) is 8.78 Å². The molecule has 0 aliphatic rings. The summed E-state index contributed by atoms with van der Waals surface area (Å²) in [7, 11) is 0. The Balaban J connectivity index is 3.00. The van der Waals surface area contributed by atoms with E-state index in [-0.39, 0.29) is 18.6 Å². The Kier molecular flexibility index (Phi) is 4.83. The first-order chi connectivity index (χ1) is 7.58. The lowest BCUT2D eigenvalue weighted by atomic mass is 9.88. The number of aliphatic hydroxyl groups excluding tert-OH is 1. The van der Waals surface area contributed by atoms with Gasteiger partial charge in [0.1, 0.15) is 11.6 Å². The predicted octanol–water partition coefficient (Wildman–Crippen LogP) is 2.17. The van der Waals surface area contributed by atoms with Crippen LogP contribution in [-0.2, 0) is 0 Å². The first-order valence-corrected chi connectivity index (χ1v) is 5.41. The van der Waals surface area contributed by atoms with Gasteiger partial charge in [0.15, 0.2) is 0 Å². The third-order valence-corrected chi connectivity index (χ3v) is 2.74. The molecule has 0 saturated heterocycles. The van der Waals surface area contributed by atoms with Gasteiger partial charge in [-0.3, -0.25) is 0 Å². The SMILES string of the molecule is CCC(N)C(CCO)c1cc(F)cc(F)c1. The lowest BCUT2D eigenvalue weighted by molar-refractivity contribution is 0.265. The molecule has 0 aliphatic heterocycles. The van der Waals surface area contributed by atoms with E-state index in [2.05, 4.69) is 0 Å². The fourth-order valence-corrected chi connectivity index (χ4v) is 1.84. The first-order valence-electron chi connectivity index (χ1n) is 5.41. The molecule has 2 unspecified atom stereocenters. The predicted molar refractivity (Wildman–Crippen MR) is 59.1 cm³/mol.